The fourth-order valence-electron chi connectivity index (χ4n) is 4.71. The molecule has 0 unspecified atom stereocenters. The molecule has 5 rings (SSSR count). The van der Waals surface area contributed by atoms with E-state index in [1.165, 1.54) is 4.90 Å². The van der Waals surface area contributed by atoms with Gasteiger partial charge in [0.1, 0.15) is 13.2 Å². The second kappa shape index (κ2) is 10.1. The van der Waals surface area contributed by atoms with Gasteiger partial charge in [-0.1, -0.05) is 23.2 Å². The van der Waals surface area contributed by atoms with Gasteiger partial charge in [-0.15, -0.1) is 0 Å². The Hall–Kier alpha value is -3.49. The number of ketones is 1. The highest BCUT2D eigenvalue weighted by molar-refractivity contribution is 6.42. The Labute approximate surface area is 223 Å². The summed E-state index contributed by atoms with van der Waals surface area (Å²) in [6.07, 6.45) is 0.00725. The van der Waals surface area contributed by atoms with Gasteiger partial charge in [0.25, 0.3) is 0 Å². The van der Waals surface area contributed by atoms with E-state index in [1.54, 1.807) is 36.4 Å². The molecule has 0 radical (unpaired) electrons. The topological polar surface area (TPSA) is 87.1 Å². The molecule has 3 heterocycles. The number of anilines is 1. The van der Waals surface area contributed by atoms with Crippen LogP contribution in [0.1, 0.15) is 28.2 Å². The van der Waals surface area contributed by atoms with E-state index in [0.717, 1.165) is 11.4 Å². The summed E-state index contributed by atoms with van der Waals surface area (Å²) in [5.41, 5.74) is 3.34. The number of ether oxygens (including phenoxy) is 3. The molecule has 1 saturated heterocycles. The summed E-state index contributed by atoms with van der Waals surface area (Å²) < 4.78 is 18.4. The third-order valence-electron chi connectivity index (χ3n) is 6.53. The summed E-state index contributed by atoms with van der Waals surface area (Å²) in [4.78, 5) is 39.9. The number of halogens is 2. The monoisotopic (exact) mass is 542 g/mol. The van der Waals surface area contributed by atoms with Crippen molar-refractivity contribution in [2.75, 3.05) is 31.3 Å². The molecule has 192 valence electrons. The Morgan fingerprint density at radius 3 is 2.46 bits per heavy atom. The average molecular weight is 543 g/mol. The van der Waals surface area contributed by atoms with E-state index in [0.29, 0.717) is 51.7 Å². The molecular weight excluding hydrogens is 519 g/mol. The van der Waals surface area contributed by atoms with Gasteiger partial charge in [0.15, 0.2) is 18.1 Å². The van der Waals surface area contributed by atoms with E-state index >= 15 is 0 Å². The minimum atomic E-state index is -0.669. The zero-order valence-electron chi connectivity index (χ0n) is 20.3. The van der Waals surface area contributed by atoms with Crippen molar-refractivity contribution in [1.82, 2.24) is 4.57 Å². The summed E-state index contributed by atoms with van der Waals surface area (Å²) in [6, 6.07) is 12.2. The van der Waals surface area contributed by atoms with Crippen LogP contribution in [0, 0.1) is 19.8 Å². The van der Waals surface area contributed by atoms with Crippen LogP contribution in [-0.4, -0.2) is 48.6 Å². The van der Waals surface area contributed by atoms with Gasteiger partial charge in [0.05, 0.1) is 16.0 Å². The van der Waals surface area contributed by atoms with E-state index in [-0.39, 0.29) is 24.7 Å². The maximum absolute atomic E-state index is 12.9. The van der Waals surface area contributed by atoms with Crippen molar-refractivity contribution in [3.8, 4) is 17.2 Å². The minimum absolute atomic E-state index is 0.00725. The maximum atomic E-state index is 12.9. The van der Waals surface area contributed by atoms with Crippen LogP contribution in [0.25, 0.3) is 5.69 Å². The summed E-state index contributed by atoms with van der Waals surface area (Å²) >= 11 is 12.2. The lowest BCUT2D eigenvalue weighted by molar-refractivity contribution is -0.147. The first-order valence-corrected chi connectivity index (χ1v) is 12.5. The van der Waals surface area contributed by atoms with E-state index in [2.05, 4.69) is 0 Å². The number of aryl methyl sites for hydroxylation is 1. The number of fused-ring (bicyclic) bond motifs is 1. The second-order valence-electron chi connectivity index (χ2n) is 8.98. The van der Waals surface area contributed by atoms with Crippen LogP contribution in [0.4, 0.5) is 5.69 Å². The molecule has 8 nitrogen and oxygen atoms in total. The van der Waals surface area contributed by atoms with E-state index in [4.69, 9.17) is 37.4 Å². The Bertz CT molecular complexity index is 1420. The molecule has 1 aromatic heterocycles. The van der Waals surface area contributed by atoms with Gasteiger partial charge in [-0.3, -0.25) is 14.4 Å². The third-order valence-corrected chi connectivity index (χ3v) is 7.27. The third kappa shape index (κ3) is 4.91. The van der Waals surface area contributed by atoms with Gasteiger partial charge >= 0.3 is 5.97 Å². The smallest absolute Gasteiger partial charge is 0.311 e. The van der Waals surface area contributed by atoms with Crippen LogP contribution in [0.3, 0.4) is 0 Å². The zero-order chi connectivity index (χ0) is 26.3. The maximum Gasteiger partial charge on any atom is 0.311 e. The number of carbonyl (C=O) groups is 3. The summed E-state index contributed by atoms with van der Waals surface area (Å²) in [5, 5.41) is 0.846. The molecular formula is C27H24Cl2N2O6. The highest BCUT2D eigenvalue weighted by Gasteiger charge is 2.37. The number of Topliss-reactive ketones (excluding diaryl/α,β-unsaturated/α-hetero) is 1. The van der Waals surface area contributed by atoms with Crippen LogP contribution in [-0.2, 0) is 14.3 Å². The predicted molar refractivity (Wildman–Crippen MR) is 138 cm³/mol. The first-order valence-electron chi connectivity index (χ1n) is 11.8. The van der Waals surface area contributed by atoms with Crippen molar-refractivity contribution < 1.29 is 28.6 Å². The standard InChI is InChI=1S/C27H24Cl2N2O6/c1-15-9-20(16(2)31(15)19-3-5-21(28)22(29)11-19)23(32)14-37-27(34)17-10-26(33)30(13-17)18-4-6-24-25(12-18)36-8-7-35-24/h3-6,9,11-12,17H,7-8,10,13-14H2,1-2H3/t17-/m0/s1. The van der Waals surface area contributed by atoms with Crippen LogP contribution in [0.15, 0.2) is 42.5 Å². The normalized spacial score (nSPS) is 16.7. The summed E-state index contributed by atoms with van der Waals surface area (Å²) in [7, 11) is 0. The molecule has 3 aromatic rings. The SMILES string of the molecule is Cc1cc(C(=O)COC(=O)[C@H]2CC(=O)N(c3ccc4c(c3)OCCO4)C2)c(C)n1-c1ccc(Cl)c(Cl)c1. The van der Waals surface area contributed by atoms with Gasteiger partial charge < -0.3 is 23.7 Å². The van der Waals surface area contributed by atoms with Crippen molar-refractivity contribution in [3.63, 3.8) is 0 Å². The number of benzene rings is 2. The van der Waals surface area contributed by atoms with Gasteiger partial charge in [-0.2, -0.15) is 0 Å². The van der Waals surface area contributed by atoms with Gasteiger partial charge in [0.2, 0.25) is 11.7 Å². The molecule has 0 saturated carbocycles. The van der Waals surface area contributed by atoms with Crippen LogP contribution < -0.4 is 14.4 Å². The Balaban J connectivity index is 1.24. The largest absolute Gasteiger partial charge is 0.486 e. The molecule has 1 atom stereocenters. The number of nitrogens with zero attached hydrogens (tertiary/aromatic N) is 2. The van der Waals surface area contributed by atoms with E-state index in [1.807, 2.05) is 24.5 Å². The van der Waals surface area contributed by atoms with Gasteiger partial charge in [0, 0.05) is 47.4 Å². The highest BCUT2D eigenvalue weighted by atomic mass is 35.5. The van der Waals surface area contributed by atoms with Gasteiger partial charge in [-0.05, 0) is 50.2 Å². The summed E-state index contributed by atoms with van der Waals surface area (Å²) in [6.45, 7) is 4.33. The first-order chi connectivity index (χ1) is 17.7. The van der Waals surface area contributed by atoms with Crippen molar-refractivity contribution in [1.29, 1.82) is 0 Å². The molecule has 37 heavy (non-hydrogen) atoms. The molecule has 0 bridgehead atoms. The van der Waals surface area contributed by atoms with E-state index in [9.17, 15) is 14.4 Å². The van der Waals surface area contributed by atoms with Crippen LogP contribution >= 0.6 is 23.2 Å². The van der Waals surface area contributed by atoms with Crippen molar-refractivity contribution >= 4 is 46.5 Å². The van der Waals surface area contributed by atoms with Crippen molar-refractivity contribution in [3.05, 3.63) is 69.5 Å². The number of hydrogen-bond donors (Lipinski definition) is 0. The number of aromatic nitrogens is 1. The molecule has 10 heteroatoms. The molecule has 0 spiro atoms. The molecule has 1 amide bonds. The Kier molecular flexibility index (Phi) is 6.88. The lowest BCUT2D eigenvalue weighted by Gasteiger charge is -2.22. The Morgan fingerprint density at radius 1 is 0.973 bits per heavy atom. The zero-order valence-corrected chi connectivity index (χ0v) is 21.8. The van der Waals surface area contributed by atoms with E-state index < -0.39 is 18.5 Å². The van der Waals surface area contributed by atoms with Crippen LogP contribution in [0.5, 0.6) is 11.5 Å². The number of carbonyl (C=O) groups excluding carboxylic acids is 3. The molecule has 0 N–H and O–H groups in total. The Morgan fingerprint density at radius 2 is 1.70 bits per heavy atom. The lowest BCUT2D eigenvalue weighted by atomic mass is 10.1. The first kappa shape index (κ1) is 25.2. The lowest BCUT2D eigenvalue weighted by Crippen LogP contribution is -2.27. The van der Waals surface area contributed by atoms with Crippen molar-refractivity contribution in [2.45, 2.75) is 20.3 Å². The number of hydrogen-bond acceptors (Lipinski definition) is 6. The number of amides is 1. The average Bonchev–Trinajstić information content (AvgIpc) is 3.42. The number of rotatable bonds is 6. The fraction of sp³-hybridized carbons (Fsp3) is 0.296. The molecule has 2 aliphatic heterocycles. The number of esters is 1. The van der Waals surface area contributed by atoms with Crippen LogP contribution in [0.2, 0.25) is 10.0 Å². The van der Waals surface area contributed by atoms with Gasteiger partial charge in [-0.25, -0.2) is 0 Å². The summed E-state index contributed by atoms with van der Waals surface area (Å²) in [5.74, 6) is -0.602. The minimum Gasteiger partial charge on any atom is -0.486 e. The van der Waals surface area contributed by atoms with Crippen molar-refractivity contribution in [2.24, 2.45) is 5.92 Å². The fourth-order valence-corrected chi connectivity index (χ4v) is 5.01. The second-order valence-corrected chi connectivity index (χ2v) is 9.80. The quantitative estimate of drug-likeness (QED) is 0.323. The molecule has 2 aliphatic rings. The molecule has 1 fully saturated rings. The highest BCUT2D eigenvalue weighted by Crippen LogP contribution is 2.36. The predicted octanol–water partition coefficient (Wildman–Crippen LogP) is 4.95. The molecule has 0 aliphatic carbocycles. The molecule has 2 aromatic carbocycles.